The Hall–Kier alpha value is -4.30. The van der Waals surface area contributed by atoms with E-state index in [0.29, 0.717) is 17.3 Å². The van der Waals surface area contributed by atoms with Crippen molar-refractivity contribution in [3.63, 3.8) is 0 Å². The Kier molecular flexibility index (Phi) is 6.36. The van der Waals surface area contributed by atoms with Crippen molar-refractivity contribution in [3.8, 4) is 11.5 Å². The van der Waals surface area contributed by atoms with Gasteiger partial charge in [-0.15, -0.1) is 11.8 Å². The number of thioether (sulfide) groups is 1. The number of carbonyl (C=O) groups is 2. The third-order valence-electron chi connectivity index (χ3n) is 5.21. The number of hydrogen-bond donors (Lipinski definition) is 2. The van der Waals surface area contributed by atoms with Crippen molar-refractivity contribution >= 4 is 46.1 Å². The summed E-state index contributed by atoms with van der Waals surface area (Å²) in [5, 5.41) is 5.38. The van der Waals surface area contributed by atoms with Gasteiger partial charge in [0.15, 0.2) is 11.3 Å². The molecule has 0 saturated heterocycles. The highest BCUT2D eigenvalue weighted by molar-refractivity contribution is 8.00. The van der Waals surface area contributed by atoms with Crippen molar-refractivity contribution < 1.29 is 18.4 Å². The van der Waals surface area contributed by atoms with E-state index in [1.54, 1.807) is 18.2 Å². The second-order valence-corrected chi connectivity index (χ2v) is 9.19. The third kappa shape index (κ3) is 5.28. The number of fused-ring (bicyclic) bond motifs is 1. The van der Waals surface area contributed by atoms with Crippen LogP contribution in [0.1, 0.15) is 17.5 Å². The summed E-state index contributed by atoms with van der Waals surface area (Å²) in [5.41, 5.74) is 3.67. The molecule has 5 aromatic rings. The molecule has 1 atom stereocenters. The van der Waals surface area contributed by atoms with Gasteiger partial charge in [0, 0.05) is 21.8 Å². The lowest BCUT2D eigenvalue weighted by molar-refractivity contribution is -0.115. The second-order valence-electron chi connectivity index (χ2n) is 7.77. The van der Waals surface area contributed by atoms with E-state index in [2.05, 4.69) is 15.6 Å². The molecule has 174 valence electrons. The Bertz CT molecular complexity index is 1440. The maximum Gasteiger partial charge on any atom is 0.291 e. The van der Waals surface area contributed by atoms with E-state index >= 15 is 0 Å². The molecule has 0 radical (unpaired) electrons. The molecule has 2 heterocycles. The monoisotopic (exact) mass is 483 g/mol. The van der Waals surface area contributed by atoms with Crippen LogP contribution in [0.5, 0.6) is 0 Å². The van der Waals surface area contributed by atoms with Crippen molar-refractivity contribution in [2.24, 2.45) is 0 Å². The number of benzene rings is 3. The van der Waals surface area contributed by atoms with Gasteiger partial charge in [-0.1, -0.05) is 18.2 Å². The standard InChI is InChI=1S/C27H21N3O4S/c1-17(35-21-7-4-6-20(16-21)29-26(32)24-10-5-15-33-24)25(31)28-19-13-11-18(12-14-19)27-30-22-8-2-3-9-23(22)34-27/h2-17H,1H3,(H,28,31)(H,29,32). The van der Waals surface area contributed by atoms with E-state index in [9.17, 15) is 9.59 Å². The molecule has 3 aromatic carbocycles. The van der Waals surface area contributed by atoms with E-state index < -0.39 is 0 Å². The molecule has 2 aromatic heterocycles. The minimum atomic E-state index is -0.359. The maximum absolute atomic E-state index is 12.8. The highest BCUT2D eigenvalue weighted by atomic mass is 32.2. The Morgan fingerprint density at radius 1 is 0.886 bits per heavy atom. The first kappa shape index (κ1) is 22.5. The van der Waals surface area contributed by atoms with Crippen molar-refractivity contribution in [3.05, 3.63) is 97.0 Å². The van der Waals surface area contributed by atoms with Crippen LogP contribution < -0.4 is 10.6 Å². The zero-order valence-electron chi connectivity index (χ0n) is 18.7. The number of oxazole rings is 1. The van der Waals surface area contributed by atoms with E-state index in [1.165, 1.54) is 18.0 Å². The number of anilines is 2. The number of nitrogens with zero attached hydrogens (tertiary/aromatic N) is 1. The number of furan rings is 1. The molecule has 5 rings (SSSR count). The molecule has 0 aliphatic rings. The highest BCUT2D eigenvalue weighted by Gasteiger charge is 2.16. The summed E-state index contributed by atoms with van der Waals surface area (Å²) in [5.74, 6) is 0.309. The average Bonchev–Trinajstić information content (AvgIpc) is 3.55. The first-order valence-electron chi connectivity index (χ1n) is 10.9. The van der Waals surface area contributed by atoms with Crippen LogP contribution in [0.2, 0.25) is 0 Å². The molecule has 0 aliphatic carbocycles. The molecular weight excluding hydrogens is 462 g/mol. The van der Waals surface area contributed by atoms with Crippen molar-refractivity contribution in [2.45, 2.75) is 17.1 Å². The second kappa shape index (κ2) is 9.90. The zero-order chi connectivity index (χ0) is 24.2. The van der Waals surface area contributed by atoms with Gasteiger partial charge in [0.05, 0.1) is 11.5 Å². The molecule has 2 amide bonds. The van der Waals surface area contributed by atoms with Crippen LogP contribution in [0.4, 0.5) is 11.4 Å². The average molecular weight is 484 g/mol. The van der Waals surface area contributed by atoms with Crippen molar-refractivity contribution in [1.82, 2.24) is 4.98 Å². The summed E-state index contributed by atoms with van der Waals surface area (Å²) in [6.45, 7) is 1.83. The molecule has 35 heavy (non-hydrogen) atoms. The molecule has 8 heteroatoms. The molecule has 0 fully saturated rings. The number of hydrogen-bond acceptors (Lipinski definition) is 6. The Morgan fingerprint density at radius 2 is 1.71 bits per heavy atom. The molecule has 2 N–H and O–H groups in total. The summed E-state index contributed by atoms with van der Waals surface area (Å²) in [7, 11) is 0. The fraction of sp³-hybridized carbons (Fsp3) is 0.0741. The minimum Gasteiger partial charge on any atom is -0.459 e. The summed E-state index contributed by atoms with van der Waals surface area (Å²) in [4.78, 5) is 30.3. The van der Waals surface area contributed by atoms with E-state index in [4.69, 9.17) is 8.83 Å². The summed E-state index contributed by atoms with van der Waals surface area (Å²) in [6, 6.07) is 25.6. The van der Waals surface area contributed by atoms with Crippen LogP contribution in [0.3, 0.4) is 0 Å². The van der Waals surface area contributed by atoms with Crippen LogP contribution in [0.25, 0.3) is 22.6 Å². The van der Waals surface area contributed by atoms with Gasteiger partial charge in [-0.05, 0) is 73.7 Å². The normalized spacial score (nSPS) is 11.8. The fourth-order valence-electron chi connectivity index (χ4n) is 3.44. The van der Waals surface area contributed by atoms with Crippen LogP contribution in [-0.4, -0.2) is 22.0 Å². The Labute approximate surface area is 205 Å². The lowest BCUT2D eigenvalue weighted by Gasteiger charge is -2.13. The predicted molar refractivity (Wildman–Crippen MR) is 136 cm³/mol. The molecule has 0 spiro atoms. The van der Waals surface area contributed by atoms with Gasteiger partial charge in [0.1, 0.15) is 5.52 Å². The first-order chi connectivity index (χ1) is 17.0. The number of nitrogens with one attached hydrogen (secondary N) is 2. The predicted octanol–water partition coefficient (Wildman–Crippen LogP) is 6.46. The zero-order valence-corrected chi connectivity index (χ0v) is 19.5. The lowest BCUT2D eigenvalue weighted by Crippen LogP contribution is -2.22. The summed E-state index contributed by atoms with van der Waals surface area (Å²) in [6.07, 6.45) is 1.45. The number of rotatable bonds is 7. The van der Waals surface area contributed by atoms with E-state index in [-0.39, 0.29) is 22.8 Å². The molecular formula is C27H21N3O4S. The van der Waals surface area contributed by atoms with E-state index in [0.717, 1.165) is 21.6 Å². The van der Waals surface area contributed by atoms with E-state index in [1.807, 2.05) is 73.7 Å². The van der Waals surface area contributed by atoms with Gasteiger partial charge in [-0.3, -0.25) is 9.59 Å². The SMILES string of the molecule is CC(Sc1cccc(NC(=O)c2ccco2)c1)C(=O)Nc1ccc(-c2nc3ccccc3o2)cc1. The van der Waals surface area contributed by atoms with Gasteiger partial charge in [-0.25, -0.2) is 4.98 Å². The van der Waals surface area contributed by atoms with Crippen LogP contribution in [0, 0.1) is 0 Å². The quantitative estimate of drug-likeness (QED) is 0.258. The molecule has 0 bridgehead atoms. The highest BCUT2D eigenvalue weighted by Crippen LogP contribution is 2.28. The summed E-state index contributed by atoms with van der Waals surface area (Å²) < 4.78 is 10.9. The first-order valence-corrected chi connectivity index (χ1v) is 11.8. The van der Waals surface area contributed by atoms with Gasteiger partial charge in [0.2, 0.25) is 11.8 Å². The minimum absolute atomic E-state index is 0.130. The molecule has 1 unspecified atom stereocenters. The molecule has 0 saturated carbocycles. The van der Waals surface area contributed by atoms with Gasteiger partial charge in [0.25, 0.3) is 5.91 Å². The number of para-hydroxylation sites is 2. The lowest BCUT2D eigenvalue weighted by atomic mass is 10.2. The maximum atomic E-state index is 12.8. The smallest absolute Gasteiger partial charge is 0.291 e. The Balaban J connectivity index is 1.20. The number of aromatic nitrogens is 1. The fourth-order valence-corrected chi connectivity index (χ4v) is 4.37. The van der Waals surface area contributed by atoms with Gasteiger partial charge in [-0.2, -0.15) is 0 Å². The molecule has 7 nitrogen and oxygen atoms in total. The van der Waals surface area contributed by atoms with Crippen LogP contribution in [-0.2, 0) is 4.79 Å². The molecule has 0 aliphatic heterocycles. The summed E-state index contributed by atoms with van der Waals surface area (Å²) >= 11 is 1.40. The Morgan fingerprint density at radius 3 is 2.49 bits per heavy atom. The van der Waals surface area contributed by atoms with Gasteiger partial charge >= 0.3 is 0 Å². The topological polar surface area (TPSA) is 97.4 Å². The van der Waals surface area contributed by atoms with Crippen molar-refractivity contribution in [2.75, 3.05) is 10.6 Å². The van der Waals surface area contributed by atoms with Crippen molar-refractivity contribution in [1.29, 1.82) is 0 Å². The number of carbonyl (C=O) groups excluding carboxylic acids is 2. The van der Waals surface area contributed by atoms with Gasteiger partial charge < -0.3 is 19.5 Å². The third-order valence-corrected chi connectivity index (χ3v) is 6.31. The van der Waals surface area contributed by atoms with Crippen LogP contribution >= 0.6 is 11.8 Å². The van der Waals surface area contributed by atoms with Crippen LogP contribution in [0.15, 0.2) is 105 Å². The largest absolute Gasteiger partial charge is 0.459 e. The number of amides is 2.